The first kappa shape index (κ1) is 16.3. The molecule has 0 radical (unpaired) electrons. The van der Waals surface area contributed by atoms with Gasteiger partial charge in [0.05, 0.1) is 13.0 Å². The first-order valence-electron chi connectivity index (χ1n) is 7.93. The number of hydrogen-bond acceptors (Lipinski definition) is 2. The SMILES string of the molecule is CCC[C@@H](C)NC(=O)[C@H](C)c1ccc2cc(OC)ccc2c1. The Morgan fingerprint density at radius 1 is 1.14 bits per heavy atom. The molecule has 0 bridgehead atoms. The van der Waals surface area contributed by atoms with Crippen LogP contribution < -0.4 is 10.1 Å². The molecule has 2 atom stereocenters. The van der Waals surface area contributed by atoms with Crippen molar-refractivity contribution in [3.05, 3.63) is 42.0 Å². The van der Waals surface area contributed by atoms with Crippen LogP contribution in [0.1, 0.15) is 45.1 Å². The molecule has 0 aliphatic carbocycles. The molecule has 0 unspecified atom stereocenters. The quantitative estimate of drug-likeness (QED) is 0.865. The minimum Gasteiger partial charge on any atom is -0.497 e. The van der Waals surface area contributed by atoms with E-state index in [1.54, 1.807) is 7.11 Å². The van der Waals surface area contributed by atoms with Crippen molar-refractivity contribution < 1.29 is 9.53 Å². The van der Waals surface area contributed by atoms with Crippen molar-refractivity contribution in [3.8, 4) is 5.75 Å². The third-order valence-corrected chi connectivity index (χ3v) is 4.08. The molecular weight excluding hydrogens is 274 g/mol. The third kappa shape index (κ3) is 3.79. The smallest absolute Gasteiger partial charge is 0.227 e. The fourth-order valence-electron chi connectivity index (χ4n) is 2.66. The summed E-state index contributed by atoms with van der Waals surface area (Å²) < 4.78 is 5.24. The van der Waals surface area contributed by atoms with Crippen molar-refractivity contribution in [2.45, 2.75) is 45.6 Å². The Bertz CT molecular complexity index is 651. The normalized spacial score (nSPS) is 13.6. The predicted octanol–water partition coefficient (Wildman–Crippen LogP) is 4.26. The van der Waals surface area contributed by atoms with Gasteiger partial charge in [0, 0.05) is 6.04 Å². The summed E-state index contributed by atoms with van der Waals surface area (Å²) in [5, 5.41) is 5.33. The summed E-state index contributed by atoms with van der Waals surface area (Å²) in [6, 6.07) is 12.4. The zero-order chi connectivity index (χ0) is 16.1. The first-order valence-corrected chi connectivity index (χ1v) is 7.93. The van der Waals surface area contributed by atoms with Crippen LogP contribution in [0.3, 0.4) is 0 Å². The molecular formula is C19H25NO2. The maximum atomic E-state index is 12.3. The second kappa shape index (κ2) is 7.30. The van der Waals surface area contributed by atoms with Gasteiger partial charge in [-0.1, -0.05) is 37.6 Å². The van der Waals surface area contributed by atoms with Crippen LogP contribution in [0.15, 0.2) is 36.4 Å². The highest BCUT2D eigenvalue weighted by molar-refractivity contribution is 5.88. The van der Waals surface area contributed by atoms with Crippen molar-refractivity contribution in [1.82, 2.24) is 5.32 Å². The maximum absolute atomic E-state index is 12.3. The fraction of sp³-hybridized carbons (Fsp3) is 0.421. The highest BCUT2D eigenvalue weighted by Crippen LogP contribution is 2.25. The standard InChI is InChI=1S/C19H25NO2/c1-5-6-13(2)20-19(21)14(3)15-7-8-17-12-18(22-4)10-9-16(17)11-15/h7-14H,5-6H2,1-4H3,(H,20,21)/t13-,14-/m1/s1. The number of nitrogens with one attached hydrogen (secondary N) is 1. The van der Waals surface area contributed by atoms with Crippen LogP contribution in [0.2, 0.25) is 0 Å². The largest absolute Gasteiger partial charge is 0.497 e. The summed E-state index contributed by atoms with van der Waals surface area (Å²) in [4.78, 5) is 12.3. The number of rotatable bonds is 6. The van der Waals surface area contributed by atoms with Gasteiger partial charge < -0.3 is 10.1 Å². The molecule has 3 nitrogen and oxygen atoms in total. The number of methoxy groups -OCH3 is 1. The van der Waals surface area contributed by atoms with Crippen molar-refractivity contribution in [2.24, 2.45) is 0 Å². The van der Waals surface area contributed by atoms with Crippen LogP contribution in [0.25, 0.3) is 10.8 Å². The van der Waals surface area contributed by atoms with Gasteiger partial charge in [0.1, 0.15) is 5.75 Å². The van der Waals surface area contributed by atoms with Crippen LogP contribution in [0, 0.1) is 0 Å². The van der Waals surface area contributed by atoms with E-state index >= 15 is 0 Å². The third-order valence-electron chi connectivity index (χ3n) is 4.08. The molecule has 0 heterocycles. The Kier molecular flexibility index (Phi) is 5.42. The minimum atomic E-state index is -0.147. The molecule has 1 amide bonds. The average Bonchev–Trinajstić information content (AvgIpc) is 2.53. The number of hydrogen-bond donors (Lipinski definition) is 1. The summed E-state index contributed by atoms with van der Waals surface area (Å²) >= 11 is 0. The molecule has 0 aliphatic rings. The number of amides is 1. The van der Waals surface area contributed by atoms with E-state index in [1.807, 2.05) is 37.3 Å². The van der Waals surface area contributed by atoms with Crippen molar-refractivity contribution in [2.75, 3.05) is 7.11 Å². The van der Waals surface area contributed by atoms with Crippen LogP contribution in [0.5, 0.6) is 5.75 Å². The van der Waals surface area contributed by atoms with Crippen molar-refractivity contribution in [1.29, 1.82) is 0 Å². The van der Waals surface area contributed by atoms with Crippen molar-refractivity contribution >= 4 is 16.7 Å². The molecule has 118 valence electrons. The van der Waals surface area contributed by atoms with Crippen molar-refractivity contribution in [3.63, 3.8) is 0 Å². The summed E-state index contributed by atoms with van der Waals surface area (Å²) in [5.41, 5.74) is 1.04. The summed E-state index contributed by atoms with van der Waals surface area (Å²) in [5.74, 6) is 0.791. The number of carbonyl (C=O) groups is 1. The number of carbonyl (C=O) groups excluding carboxylic acids is 1. The summed E-state index contributed by atoms with van der Waals surface area (Å²) in [6.07, 6.45) is 2.09. The topological polar surface area (TPSA) is 38.3 Å². The lowest BCUT2D eigenvalue weighted by Gasteiger charge is -2.17. The predicted molar refractivity (Wildman–Crippen MR) is 91.4 cm³/mol. The molecule has 0 fully saturated rings. The van der Waals surface area contributed by atoms with E-state index in [2.05, 4.69) is 25.2 Å². The lowest BCUT2D eigenvalue weighted by Crippen LogP contribution is -2.35. The first-order chi connectivity index (χ1) is 10.5. The Labute approximate surface area is 132 Å². The monoisotopic (exact) mass is 299 g/mol. The zero-order valence-electron chi connectivity index (χ0n) is 13.8. The van der Waals surface area contributed by atoms with E-state index in [0.717, 1.165) is 34.9 Å². The Hall–Kier alpha value is -2.03. The average molecular weight is 299 g/mol. The van der Waals surface area contributed by atoms with Crippen LogP contribution in [-0.4, -0.2) is 19.1 Å². The molecule has 2 aromatic rings. The fourth-order valence-corrected chi connectivity index (χ4v) is 2.66. The van der Waals surface area contributed by atoms with Gasteiger partial charge in [0.15, 0.2) is 0 Å². The van der Waals surface area contributed by atoms with Gasteiger partial charge in [0.25, 0.3) is 0 Å². The van der Waals surface area contributed by atoms with Gasteiger partial charge in [-0.05, 0) is 48.7 Å². The molecule has 0 saturated carbocycles. The Balaban J connectivity index is 2.17. The van der Waals surface area contributed by atoms with E-state index in [0.29, 0.717) is 0 Å². The molecule has 0 saturated heterocycles. The van der Waals surface area contributed by atoms with Crippen LogP contribution in [-0.2, 0) is 4.79 Å². The Morgan fingerprint density at radius 2 is 1.82 bits per heavy atom. The van der Waals surface area contributed by atoms with Gasteiger partial charge in [-0.3, -0.25) is 4.79 Å². The zero-order valence-corrected chi connectivity index (χ0v) is 13.8. The molecule has 1 N–H and O–H groups in total. The van der Waals surface area contributed by atoms with Crippen LogP contribution in [0.4, 0.5) is 0 Å². The van der Waals surface area contributed by atoms with Gasteiger partial charge in [0.2, 0.25) is 5.91 Å². The molecule has 2 rings (SSSR count). The Morgan fingerprint density at radius 3 is 2.50 bits per heavy atom. The van der Waals surface area contributed by atoms with Gasteiger partial charge in [-0.25, -0.2) is 0 Å². The van der Waals surface area contributed by atoms with Gasteiger partial charge >= 0.3 is 0 Å². The lowest BCUT2D eigenvalue weighted by atomic mass is 9.96. The minimum absolute atomic E-state index is 0.0915. The molecule has 3 heteroatoms. The highest BCUT2D eigenvalue weighted by atomic mass is 16.5. The van der Waals surface area contributed by atoms with E-state index in [4.69, 9.17) is 4.74 Å². The van der Waals surface area contributed by atoms with E-state index in [1.165, 1.54) is 0 Å². The second-order valence-electron chi connectivity index (χ2n) is 5.89. The second-order valence-corrected chi connectivity index (χ2v) is 5.89. The molecule has 2 aromatic carbocycles. The van der Waals surface area contributed by atoms with Gasteiger partial charge in [-0.2, -0.15) is 0 Å². The van der Waals surface area contributed by atoms with E-state index in [9.17, 15) is 4.79 Å². The number of ether oxygens (including phenoxy) is 1. The highest BCUT2D eigenvalue weighted by Gasteiger charge is 2.17. The van der Waals surface area contributed by atoms with Gasteiger partial charge in [-0.15, -0.1) is 0 Å². The molecule has 0 spiro atoms. The number of benzene rings is 2. The van der Waals surface area contributed by atoms with Crippen LogP contribution >= 0.6 is 0 Å². The molecule has 22 heavy (non-hydrogen) atoms. The van der Waals surface area contributed by atoms with E-state index < -0.39 is 0 Å². The summed E-state index contributed by atoms with van der Waals surface area (Å²) in [6.45, 7) is 6.14. The van der Waals surface area contributed by atoms with E-state index in [-0.39, 0.29) is 17.9 Å². The lowest BCUT2D eigenvalue weighted by molar-refractivity contribution is -0.122. The molecule has 0 aliphatic heterocycles. The number of fused-ring (bicyclic) bond motifs is 1. The molecule has 0 aromatic heterocycles. The maximum Gasteiger partial charge on any atom is 0.227 e. The summed E-state index contributed by atoms with van der Waals surface area (Å²) in [7, 11) is 1.67.